The van der Waals surface area contributed by atoms with E-state index >= 15 is 0 Å². The fraction of sp³-hybridized carbons (Fsp3) is 0.364. The molecule has 0 atom stereocenters. The van der Waals surface area contributed by atoms with Crippen LogP contribution in [0.4, 0.5) is 5.69 Å². The predicted octanol–water partition coefficient (Wildman–Crippen LogP) is 4.07. The van der Waals surface area contributed by atoms with Crippen LogP contribution in [0.15, 0.2) is 41.4 Å². The highest BCUT2D eigenvalue weighted by atomic mass is 127. The summed E-state index contributed by atoms with van der Waals surface area (Å²) in [7, 11) is 6.42. The van der Waals surface area contributed by atoms with E-state index in [0.717, 1.165) is 11.3 Å². The van der Waals surface area contributed by atoms with Crippen molar-refractivity contribution in [1.82, 2.24) is 10.6 Å². The molecule has 0 bridgehead atoms. The third-order valence-corrected chi connectivity index (χ3v) is 4.66. The minimum Gasteiger partial charge on any atom is -0.493 e. The molecule has 0 unspecified atom stereocenters. The van der Waals surface area contributed by atoms with Crippen LogP contribution < -0.4 is 30.2 Å². The van der Waals surface area contributed by atoms with E-state index in [2.05, 4.69) is 20.9 Å². The quantitative estimate of drug-likeness (QED) is 0.171. The van der Waals surface area contributed by atoms with E-state index in [1.165, 1.54) is 0 Å². The zero-order chi connectivity index (χ0) is 22.6. The van der Waals surface area contributed by atoms with Crippen molar-refractivity contribution in [2.45, 2.75) is 19.4 Å². The summed E-state index contributed by atoms with van der Waals surface area (Å²) < 4.78 is 16.1. The number of nitrogens with zero attached hydrogens (tertiary/aromatic N) is 1. The number of halogens is 2. The summed E-state index contributed by atoms with van der Waals surface area (Å²) in [6.07, 6.45) is 1.05. The number of carbonyl (C=O) groups excluding carboxylic acids is 1. The summed E-state index contributed by atoms with van der Waals surface area (Å²) in [6, 6.07) is 10.8. The van der Waals surface area contributed by atoms with Crippen molar-refractivity contribution in [3.63, 3.8) is 0 Å². The molecule has 176 valence electrons. The standard InChI is InChI=1S/C22H29ClN4O4.HI/c1-24-22(25-11-5-6-20(28)27-17-9-7-16(23)8-10-17)26-14-15-12-18(29-2)21(31-4)19(13-15)30-3;/h7-10,12-13H,5-6,11,14H2,1-4H3,(H,27,28)(H2,24,25,26);1H. The maximum absolute atomic E-state index is 12.0. The molecule has 2 rings (SSSR count). The molecule has 0 radical (unpaired) electrons. The third kappa shape index (κ3) is 8.62. The smallest absolute Gasteiger partial charge is 0.224 e. The first-order chi connectivity index (χ1) is 15.0. The van der Waals surface area contributed by atoms with Crippen molar-refractivity contribution in [3.05, 3.63) is 47.0 Å². The monoisotopic (exact) mass is 576 g/mol. The molecule has 1 amide bonds. The summed E-state index contributed by atoms with van der Waals surface area (Å²) in [6.45, 7) is 1.11. The largest absolute Gasteiger partial charge is 0.493 e. The fourth-order valence-corrected chi connectivity index (χ4v) is 2.98. The summed E-state index contributed by atoms with van der Waals surface area (Å²) in [4.78, 5) is 16.3. The SMILES string of the molecule is CN=C(NCCCC(=O)Nc1ccc(Cl)cc1)NCc1cc(OC)c(OC)c(OC)c1.I. The highest BCUT2D eigenvalue weighted by Crippen LogP contribution is 2.38. The van der Waals surface area contributed by atoms with Crippen LogP contribution in [-0.4, -0.2) is 46.8 Å². The first kappa shape index (κ1) is 27.6. The summed E-state index contributed by atoms with van der Waals surface area (Å²) >= 11 is 5.85. The van der Waals surface area contributed by atoms with Crippen molar-refractivity contribution in [1.29, 1.82) is 0 Å². The Morgan fingerprint density at radius 2 is 1.62 bits per heavy atom. The lowest BCUT2D eigenvalue weighted by molar-refractivity contribution is -0.116. The molecule has 0 saturated heterocycles. The summed E-state index contributed by atoms with van der Waals surface area (Å²) in [5, 5.41) is 9.91. The van der Waals surface area contributed by atoms with Gasteiger partial charge in [-0.2, -0.15) is 0 Å². The van der Waals surface area contributed by atoms with Crippen LogP contribution in [-0.2, 0) is 11.3 Å². The van der Waals surface area contributed by atoms with Crippen molar-refractivity contribution in [3.8, 4) is 17.2 Å². The Labute approximate surface area is 211 Å². The van der Waals surface area contributed by atoms with Gasteiger partial charge in [0.25, 0.3) is 0 Å². The molecule has 0 fully saturated rings. The summed E-state index contributed by atoms with van der Waals surface area (Å²) in [5.74, 6) is 2.31. The van der Waals surface area contributed by atoms with Gasteiger partial charge in [-0.25, -0.2) is 0 Å². The van der Waals surface area contributed by atoms with Crippen molar-refractivity contribution < 1.29 is 19.0 Å². The number of anilines is 1. The molecule has 3 N–H and O–H groups in total. The average molecular weight is 577 g/mol. The van der Waals surface area contributed by atoms with Crippen LogP contribution in [0, 0.1) is 0 Å². The van der Waals surface area contributed by atoms with Gasteiger partial charge in [0, 0.05) is 37.3 Å². The molecule has 0 aromatic heterocycles. The van der Waals surface area contributed by atoms with Crippen LogP contribution in [0.2, 0.25) is 5.02 Å². The van der Waals surface area contributed by atoms with Crippen molar-refractivity contribution in [2.75, 3.05) is 40.2 Å². The van der Waals surface area contributed by atoms with E-state index in [9.17, 15) is 4.79 Å². The number of ether oxygens (including phenoxy) is 3. The Morgan fingerprint density at radius 1 is 1.00 bits per heavy atom. The van der Waals surface area contributed by atoms with Crippen LogP contribution in [0.3, 0.4) is 0 Å². The van der Waals surface area contributed by atoms with Crippen LogP contribution >= 0.6 is 35.6 Å². The number of nitrogens with one attached hydrogen (secondary N) is 3. The molecule has 2 aromatic rings. The number of rotatable bonds is 10. The zero-order valence-corrected chi connectivity index (χ0v) is 21.7. The van der Waals surface area contributed by atoms with E-state index in [4.69, 9.17) is 25.8 Å². The number of hydrogen-bond donors (Lipinski definition) is 3. The molecule has 32 heavy (non-hydrogen) atoms. The second-order valence-corrected chi connectivity index (χ2v) is 6.98. The van der Waals surface area contributed by atoms with Gasteiger partial charge >= 0.3 is 0 Å². The van der Waals surface area contributed by atoms with E-state index in [-0.39, 0.29) is 29.9 Å². The number of carbonyl (C=O) groups is 1. The lowest BCUT2D eigenvalue weighted by Crippen LogP contribution is -2.37. The fourth-order valence-electron chi connectivity index (χ4n) is 2.86. The minimum absolute atomic E-state index is 0. The molecular formula is C22H30ClIN4O4. The number of amides is 1. The first-order valence-electron chi connectivity index (χ1n) is 9.79. The lowest BCUT2D eigenvalue weighted by atomic mass is 10.2. The van der Waals surface area contributed by atoms with Gasteiger partial charge in [-0.1, -0.05) is 11.6 Å². The molecule has 0 aliphatic rings. The lowest BCUT2D eigenvalue weighted by Gasteiger charge is -2.16. The second-order valence-electron chi connectivity index (χ2n) is 6.54. The minimum atomic E-state index is -0.0514. The predicted molar refractivity (Wildman–Crippen MR) is 139 cm³/mol. The molecule has 8 nitrogen and oxygen atoms in total. The van der Waals surface area contributed by atoms with E-state index < -0.39 is 0 Å². The van der Waals surface area contributed by atoms with Crippen LogP contribution in [0.5, 0.6) is 17.2 Å². The number of hydrogen-bond acceptors (Lipinski definition) is 5. The number of methoxy groups -OCH3 is 3. The van der Waals surface area contributed by atoms with Gasteiger partial charge in [0.1, 0.15) is 0 Å². The Bertz CT molecular complexity index is 869. The topological polar surface area (TPSA) is 93.2 Å². The third-order valence-electron chi connectivity index (χ3n) is 4.41. The normalized spacial score (nSPS) is 10.6. The maximum atomic E-state index is 12.0. The highest BCUT2D eigenvalue weighted by Gasteiger charge is 2.13. The Kier molecular flexibility index (Phi) is 12.6. The highest BCUT2D eigenvalue weighted by molar-refractivity contribution is 14.0. The number of benzene rings is 2. The van der Waals surface area contributed by atoms with Crippen LogP contribution in [0.25, 0.3) is 0 Å². The maximum Gasteiger partial charge on any atom is 0.224 e. The molecule has 2 aromatic carbocycles. The molecule has 0 aliphatic heterocycles. The Hall–Kier alpha value is -2.40. The van der Waals surface area contributed by atoms with Crippen LogP contribution in [0.1, 0.15) is 18.4 Å². The zero-order valence-electron chi connectivity index (χ0n) is 18.7. The number of guanidine groups is 1. The van der Waals surface area contributed by atoms with E-state index in [1.54, 1.807) is 52.6 Å². The van der Waals surface area contributed by atoms with E-state index in [0.29, 0.717) is 54.2 Å². The molecule has 0 aliphatic carbocycles. The molecule has 0 saturated carbocycles. The van der Waals surface area contributed by atoms with Crippen molar-refractivity contribution >= 4 is 53.1 Å². The van der Waals surface area contributed by atoms with Crippen molar-refractivity contribution in [2.24, 2.45) is 4.99 Å². The van der Waals surface area contributed by atoms with E-state index in [1.807, 2.05) is 12.1 Å². The first-order valence-corrected chi connectivity index (χ1v) is 10.2. The summed E-state index contributed by atoms with van der Waals surface area (Å²) in [5.41, 5.74) is 1.67. The Morgan fingerprint density at radius 3 is 2.16 bits per heavy atom. The van der Waals surface area contributed by atoms with Gasteiger partial charge < -0.3 is 30.2 Å². The Balaban J connectivity index is 0.00000512. The molecular weight excluding hydrogens is 547 g/mol. The van der Waals surface area contributed by atoms with Gasteiger partial charge in [0.2, 0.25) is 11.7 Å². The van der Waals surface area contributed by atoms with Gasteiger partial charge in [0.05, 0.1) is 21.3 Å². The van der Waals surface area contributed by atoms with Gasteiger partial charge in [0.15, 0.2) is 17.5 Å². The van der Waals surface area contributed by atoms with Gasteiger partial charge in [-0.05, 0) is 48.4 Å². The van der Waals surface area contributed by atoms with Gasteiger partial charge in [-0.3, -0.25) is 9.79 Å². The average Bonchev–Trinajstić information content (AvgIpc) is 2.79. The molecule has 10 heteroatoms. The molecule has 0 spiro atoms. The second kappa shape index (κ2) is 14.6. The van der Waals surface area contributed by atoms with Gasteiger partial charge in [-0.15, -0.1) is 24.0 Å². The molecule has 0 heterocycles. The number of aliphatic imine (C=N–C) groups is 1.